The average Bonchev–Trinajstić information content (AvgIpc) is 2.67. The first-order chi connectivity index (χ1) is 13.0. The van der Waals surface area contributed by atoms with E-state index in [-0.39, 0.29) is 19.1 Å². The van der Waals surface area contributed by atoms with E-state index in [1.54, 1.807) is 29.2 Å². The molecule has 1 aliphatic rings. The highest BCUT2D eigenvalue weighted by atomic mass is 35.5. The van der Waals surface area contributed by atoms with Crippen molar-refractivity contribution in [2.24, 2.45) is 0 Å². The molecule has 1 N–H and O–H groups in total. The standard InChI is InChI=1S/C20H25ClN2O4/c1-2-18(5-3-4-6-19(24)25)22-11-13-23(14-12-22)20(26)27-15-16-7-9-17(21)10-8-16/h3-5,7-10H,2,6,11-15H2,1H3,(H,24,25). The SMILES string of the molecule is CCC(=CC=CCC(=O)O)N1CCN(C(=O)OCc2ccc(Cl)cc2)CC1. The number of amides is 1. The molecule has 2 rings (SSSR count). The van der Waals surface area contributed by atoms with Crippen LogP contribution in [-0.4, -0.2) is 53.1 Å². The highest BCUT2D eigenvalue weighted by Crippen LogP contribution is 2.15. The minimum atomic E-state index is -0.844. The third kappa shape index (κ3) is 6.98. The number of carbonyl (C=O) groups excluding carboxylic acids is 1. The number of carboxylic acids is 1. The van der Waals surface area contributed by atoms with Crippen LogP contribution in [0.15, 0.2) is 48.2 Å². The molecule has 1 fully saturated rings. The zero-order valence-corrected chi connectivity index (χ0v) is 16.2. The van der Waals surface area contributed by atoms with Gasteiger partial charge in [0.05, 0.1) is 6.42 Å². The van der Waals surface area contributed by atoms with Gasteiger partial charge in [-0.2, -0.15) is 0 Å². The minimum Gasteiger partial charge on any atom is -0.481 e. The Hall–Kier alpha value is -2.47. The Morgan fingerprint density at radius 1 is 1.15 bits per heavy atom. The van der Waals surface area contributed by atoms with Gasteiger partial charge in [0, 0.05) is 36.9 Å². The maximum Gasteiger partial charge on any atom is 0.410 e. The molecule has 0 radical (unpaired) electrons. The number of benzene rings is 1. The Morgan fingerprint density at radius 3 is 2.37 bits per heavy atom. The molecular weight excluding hydrogens is 368 g/mol. The number of halogens is 1. The van der Waals surface area contributed by atoms with Crippen LogP contribution < -0.4 is 0 Å². The second kappa shape index (κ2) is 10.6. The largest absolute Gasteiger partial charge is 0.481 e. The van der Waals surface area contributed by atoms with Gasteiger partial charge >= 0.3 is 12.1 Å². The van der Waals surface area contributed by atoms with Gasteiger partial charge in [-0.1, -0.05) is 42.8 Å². The normalized spacial score (nSPS) is 15.3. The van der Waals surface area contributed by atoms with Crippen molar-refractivity contribution in [1.29, 1.82) is 0 Å². The summed E-state index contributed by atoms with van der Waals surface area (Å²) in [6.07, 6.45) is 5.89. The van der Waals surface area contributed by atoms with E-state index in [2.05, 4.69) is 11.8 Å². The molecule has 0 aromatic heterocycles. The molecule has 7 heteroatoms. The number of ether oxygens (including phenoxy) is 1. The molecule has 1 aliphatic heterocycles. The Balaban J connectivity index is 1.79. The van der Waals surface area contributed by atoms with Crippen molar-refractivity contribution in [3.8, 4) is 0 Å². The molecule has 27 heavy (non-hydrogen) atoms. The monoisotopic (exact) mass is 392 g/mol. The first-order valence-electron chi connectivity index (χ1n) is 8.98. The van der Waals surface area contributed by atoms with Crippen LogP contribution in [0.25, 0.3) is 0 Å². The highest BCUT2D eigenvalue weighted by molar-refractivity contribution is 6.30. The van der Waals surface area contributed by atoms with E-state index in [1.165, 1.54) is 0 Å². The van der Waals surface area contributed by atoms with Gasteiger partial charge in [-0.25, -0.2) is 4.79 Å². The summed E-state index contributed by atoms with van der Waals surface area (Å²) in [6.45, 7) is 4.92. The minimum absolute atomic E-state index is 0.0146. The van der Waals surface area contributed by atoms with E-state index in [0.717, 1.165) is 30.8 Å². The predicted molar refractivity (Wildman–Crippen MR) is 105 cm³/mol. The van der Waals surface area contributed by atoms with Gasteiger partial charge in [0.2, 0.25) is 0 Å². The third-order valence-electron chi connectivity index (χ3n) is 4.30. The number of hydrogen-bond donors (Lipinski definition) is 1. The third-order valence-corrected chi connectivity index (χ3v) is 4.55. The maximum absolute atomic E-state index is 12.2. The summed E-state index contributed by atoms with van der Waals surface area (Å²) in [5.74, 6) is -0.844. The quantitative estimate of drug-likeness (QED) is 0.712. The van der Waals surface area contributed by atoms with Crippen molar-refractivity contribution < 1.29 is 19.4 Å². The lowest BCUT2D eigenvalue weighted by molar-refractivity contribution is -0.136. The molecule has 0 saturated carbocycles. The van der Waals surface area contributed by atoms with Gasteiger partial charge in [0.1, 0.15) is 6.61 Å². The van der Waals surface area contributed by atoms with Gasteiger partial charge < -0.3 is 19.6 Å². The second-order valence-corrected chi connectivity index (χ2v) is 6.63. The Bertz CT molecular complexity index is 692. The molecule has 1 heterocycles. The lowest BCUT2D eigenvalue weighted by Crippen LogP contribution is -2.48. The van der Waals surface area contributed by atoms with Gasteiger partial charge in [0.25, 0.3) is 0 Å². The van der Waals surface area contributed by atoms with Gasteiger partial charge in [-0.15, -0.1) is 0 Å². The first kappa shape index (κ1) is 20.8. The van der Waals surface area contributed by atoms with Crippen LogP contribution in [-0.2, 0) is 16.1 Å². The van der Waals surface area contributed by atoms with Crippen LogP contribution in [0.5, 0.6) is 0 Å². The fraction of sp³-hybridized carbons (Fsp3) is 0.400. The summed E-state index contributed by atoms with van der Waals surface area (Å²) in [5.41, 5.74) is 2.03. The second-order valence-electron chi connectivity index (χ2n) is 6.19. The fourth-order valence-corrected chi connectivity index (χ4v) is 2.91. The lowest BCUT2D eigenvalue weighted by Gasteiger charge is -2.36. The predicted octanol–water partition coefficient (Wildman–Crippen LogP) is 3.92. The smallest absolute Gasteiger partial charge is 0.410 e. The first-order valence-corrected chi connectivity index (χ1v) is 9.36. The van der Waals surface area contributed by atoms with E-state index >= 15 is 0 Å². The Labute approximate surface area is 164 Å². The van der Waals surface area contributed by atoms with Gasteiger partial charge in [-0.05, 0) is 30.2 Å². The Morgan fingerprint density at radius 2 is 1.78 bits per heavy atom. The molecular formula is C20H25ClN2O4. The highest BCUT2D eigenvalue weighted by Gasteiger charge is 2.22. The topological polar surface area (TPSA) is 70.1 Å². The Kier molecular flexibility index (Phi) is 8.20. The molecule has 1 aromatic rings. The number of allylic oxidation sites excluding steroid dienone is 3. The molecule has 0 bridgehead atoms. The van der Waals surface area contributed by atoms with E-state index in [0.29, 0.717) is 18.1 Å². The van der Waals surface area contributed by atoms with Crippen LogP contribution in [0.1, 0.15) is 25.3 Å². The van der Waals surface area contributed by atoms with Crippen molar-refractivity contribution >= 4 is 23.7 Å². The molecule has 0 atom stereocenters. The molecule has 1 amide bonds. The van der Waals surface area contributed by atoms with Crippen molar-refractivity contribution in [2.45, 2.75) is 26.4 Å². The number of carbonyl (C=O) groups is 2. The van der Waals surface area contributed by atoms with E-state index < -0.39 is 5.97 Å². The molecule has 146 valence electrons. The van der Waals surface area contributed by atoms with E-state index in [1.807, 2.05) is 18.2 Å². The molecule has 0 aliphatic carbocycles. The molecule has 1 saturated heterocycles. The average molecular weight is 393 g/mol. The number of piperazine rings is 1. The number of nitrogens with zero attached hydrogens (tertiary/aromatic N) is 2. The van der Waals surface area contributed by atoms with Crippen LogP contribution in [0.4, 0.5) is 4.79 Å². The summed E-state index contributed by atoms with van der Waals surface area (Å²) >= 11 is 5.85. The van der Waals surface area contributed by atoms with E-state index in [4.69, 9.17) is 21.4 Å². The van der Waals surface area contributed by atoms with Gasteiger partial charge in [-0.3, -0.25) is 4.79 Å². The maximum atomic E-state index is 12.2. The van der Waals surface area contributed by atoms with Gasteiger partial charge in [0.15, 0.2) is 0 Å². The van der Waals surface area contributed by atoms with Crippen LogP contribution >= 0.6 is 11.6 Å². The summed E-state index contributed by atoms with van der Waals surface area (Å²) in [5, 5.41) is 9.31. The van der Waals surface area contributed by atoms with Crippen molar-refractivity contribution in [2.75, 3.05) is 26.2 Å². The zero-order valence-electron chi connectivity index (χ0n) is 15.4. The number of hydrogen-bond acceptors (Lipinski definition) is 4. The summed E-state index contributed by atoms with van der Waals surface area (Å²) in [7, 11) is 0. The van der Waals surface area contributed by atoms with Crippen LogP contribution in [0.3, 0.4) is 0 Å². The number of aliphatic carboxylic acids is 1. The molecule has 1 aromatic carbocycles. The lowest BCUT2D eigenvalue weighted by atomic mass is 10.2. The van der Waals surface area contributed by atoms with Crippen molar-refractivity contribution in [3.05, 3.63) is 58.8 Å². The fourth-order valence-electron chi connectivity index (χ4n) is 2.79. The number of rotatable bonds is 7. The van der Waals surface area contributed by atoms with Crippen molar-refractivity contribution in [1.82, 2.24) is 9.80 Å². The molecule has 0 unspecified atom stereocenters. The van der Waals surface area contributed by atoms with Crippen molar-refractivity contribution in [3.63, 3.8) is 0 Å². The summed E-state index contributed by atoms with van der Waals surface area (Å²) in [4.78, 5) is 26.7. The summed E-state index contributed by atoms with van der Waals surface area (Å²) < 4.78 is 5.38. The number of carboxylic acid groups (broad SMARTS) is 1. The molecule has 6 nitrogen and oxygen atoms in total. The van der Waals surface area contributed by atoms with E-state index in [9.17, 15) is 9.59 Å². The zero-order chi connectivity index (χ0) is 19.6. The summed E-state index contributed by atoms with van der Waals surface area (Å²) in [6, 6.07) is 7.22. The van der Waals surface area contributed by atoms with Crippen LogP contribution in [0.2, 0.25) is 5.02 Å². The van der Waals surface area contributed by atoms with Crippen LogP contribution in [0, 0.1) is 0 Å². The molecule has 0 spiro atoms.